The highest BCUT2D eigenvalue weighted by atomic mass is 127. The summed E-state index contributed by atoms with van der Waals surface area (Å²) in [5.41, 5.74) is -1.15. The predicted molar refractivity (Wildman–Crippen MR) is 129 cm³/mol. The van der Waals surface area contributed by atoms with Crippen LogP contribution in [0.5, 0.6) is 5.75 Å². The molecule has 0 aliphatic carbocycles. The molecule has 0 aliphatic heterocycles. The van der Waals surface area contributed by atoms with Gasteiger partial charge in [-0.3, -0.25) is 14.7 Å². The molecule has 2 rings (SSSR count). The van der Waals surface area contributed by atoms with Crippen LogP contribution < -0.4 is 4.74 Å². The third kappa shape index (κ3) is 6.41. The zero-order chi connectivity index (χ0) is 24.4. The zero-order valence-electron chi connectivity index (χ0n) is 15.1. The first-order chi connectivity index (χ1) is 14.6. The molecule has 0 unspecified atom stereocenters. The van der Waals surface area contributed by atoms with Gasteiger partial charge in [-0.05, 0) is 86.0 Å². The van der Waals surface area contributed by atoms with E-state index in [0.717, 1.165) is 18.2 Å². The minimum Gasteiger partial charge on any atom is -0.454 e. The Morgan fingerprint density at radius 1 is 1.12 bits per heavy atom. The van der Waals surface area contributed by atoms with E-state index in [1.54, 1.807) is 6.07 Å². The molecule has 0 radical (unpaired) electrons. The number of nitro groups is 1. The molecule has 0 saturated carbocycles. The second-order valence-electron chi connectivity index (χ2n) is 5.77. The molecule has 172 valence electrons. The fraction of sp³-hybridized carbons (Fsp3) is 0.125. The lowest BCUT2D eigenvalue weighted by Gasteiger charge is -2.13. The number of carbonyl (C=O) groups is 2. The number of halogens is 5. The molecule has 1 N–H and O–H groups in total. The Hall–Kier alpha value is -1.26. The first kappa shape index (κ1) is 27.0. The van der Waals surface area contributed by atoms with Crippen molar-refractivity contribution in [1.29, 1.82) is 0 Å². The molecule has 0 heterocycles. The number of nitro benzene ring substituents is 1. The third-order valence-electron chi connectivity index (χ3n) is 3.56. The lowest BCUT2D eigenvalue weighted by atomic mass is 10.2. The number of nitrogens with zero attached hydrogens (tertiary/aromatic N) is 1. The van der Waals surface area contributed by atoms with Crippen LogP contribution in [0, 0.1) is 20.8 Å². The highest BCUT2D eigenvalue weighted by Gasteiger charge is 2.45. The molecule has 0 aliphatic rings. The maximum atomic E-state index is 13.2. The highest BCUT2D eigenvalue weighted by molar-refractivity contribution is 14.1. The van der Waals surface area contributed by atoms with E-state index in [1.165, 1.54) is 6.07 Å². The van der Waals surface area contributed by atoms with Crippen LogP contribution in [0.3, 0.4) is 0 Å². The average molecular weight is 809 g/mol. The number of rotatable bonds is 7. The Morgan fingerprint density at radius 3 is 2.31 bits per heavy atom. The number of hydrogen-bond donors (Lipinski definition) is 1. The van der Waals surface area contributed by atoms with Crippen LogP contribution in [0.1, 0.15) is 20.7 Å². The first-order valence-corrected chi connectivity index (χ1v) is 12.5. The second kappa shape index (κ2) is 10.3. The largest absolute Gasteiger partial charge is 0.454 e. The molecule has 2 aromatic rings. The Bertz CT molecular complexity index is 1220. The number of ether oxygens (including phenoxy) is 2. The predicted octanol–water partition coefficient (Wildman–Crippen LogP) is 4.27. The Kier molecular flexibility index (Phi) is 8.72. The molecule has 0 atom stereocenters. The standard InChI is InChI=1S/C16H8F2I3NO9S/c17-16(18,32(27,28)29)6-30-14(23)7-1-2-11(22(25)26)12(3-7)31-15(24)9-4-8(19)5-10(20)13(9)21/h1-5H,6H2,(H,27,28,29). The average Bonchev–Trinajstić information content (AvgIpc) is 2.67. The van der Waals surface area contributed by atoms with Gasteiger partial charge in [0.05, 0.1) is 16.1 Å². The van der Waals surface area contributed by atoms with E-state index in [0.29, 0.717) is 10.7 Å². The van der Waals surface area contributed by atoms with Gasteiger partial charge in [0, 0.05) is 22.8 Å². The molecular weight excluding hydrogens is 801 g/mol. The number of carbonyl (C=O) groups excluding carboxylic acids is 2. The van der Waals surface area contributed by atoms with E-state index in [9.17, 15) is 36.9 Å². The zero-order valence-corrected chi connectivity index (χ0v) is 22.3. The summed E-state index contributed by atoms with van der Waals surface area (Å²) in [5.74, 6) is -3.14. The first-order valence-electron chi connectivity index (χ1n) is 7.81. The quantitative estimate of drug-likeness (QED) is 0.0824. The van der Waals surface area contributed by atoms with E-state index in [1.807, 2.05) is 67.8 Å². The summed E-state index contributed by atoms with van der Waals surface area (Å²) in [6.07, 6.45) is 0. The van der Waals surface area contributed by atoms with Crippen LogP contribution >= 0.6 is 67.8 Å². The van der Waals surface area contributed by atoms with Gasteiger partial charge in [-0.1, -0.05) is 0 Å². The van der Waals surface area contributed by atoms with Crippen LogP contribution in [-0.4, -0.2) is 41.7 Å². The van der Waals surface area contributed by atoms with Crippen molar-refractivity contribution in [3.8, 4) is 5.75 Å². The maximum absolute atomic E-state index is 13.2. The van der Waals surface area contributed by atoms with Crippen molar-refractivity contribution in [3.63, 3.8) is 0 Å². The smallest absolute Gasteiger partial charge is 0.402 e. The molecular formula is C16H8F2I3NO9S. The van der Waals surface area contributed by atoms with E-state index in [2.05, 4.69) is 4.74 Å². The van der Waals surface area contributed by atoms with Crippen molar-refractivity contribution in [2.24, 2.45) is 0 Å². The monoisotopic (exact) mass is 809 g/mol. The van der Waals surface area contributed by atoms with Gasteiger partial charge in [0.1, 0.15) is 0 Å². The van der Waals surface area contributed by atoms with Crippen molar-refractivity contribution < 1.29 is 45.7 Å². The molecule has 0 fully saturated rings. The van der Waals surface area contributed by atoms with E-state index >= 15 is 0 Å². The van der Waals surface area contributed by atoms with Crippen LogP contribution in [0.4, 0.5) is 14.5 Å². The summed E-state index contributed by atoms with van der Waals surface area (Å²) in [6.45, 7) is -2.00. The molecule has 2 aromatic carbocycles. The molecule has 0 saturated heterocycles. The van der Waals surface area contributed by atoms with E-state index < -0.39 is 55.8 Å². The molecule has 10 nitrogen and oxygen atoms in total. The molecule has 0 bridgehead atoms. The highest BCUT2D eigenvalue weighted by Crippen LogP contribution is 2.31. The Morgan fingerprint density at radius 2 is 1.75 bits per heavy atom. The SMILES string of the molecule is O=C(OCC(F)(F)S(=O)(=O)O)c1ccc([N+](=O)[O-])c(OC(=O)c2cc(I)cc(I)c2I)c1. The minimum absolute atomic E-state index is 0.0944. The number of esters is 2. The normalized spacial score (nSPS) is 11.7. The lowest BCUT2D eigenvalue weighted by molar-refractivity contribution is -0.385. The van der Waals surface area contributed by atoms with Crippen LogP contribution in [0.2, 0.25) is 0 Å². The maximum Gasteiger partial charge on any atom is 0.402 e. The lowest BCUT2D eigenvalue weighted by Crippen LogP contribution is -2.34. The van der Waals surface area contributed by atoms with Crippen molar-refractivity contribution in [2.75, 3.05) is 6.61 Å². The Labute approximate surface area is 219 Å². The van der Waals surface area contributed by atoms with Gasteiger partial charge in [-0.25, -0.2) is 9.59 Å². The fourth-order valence-corrected chi connectivity index (χ4v) is 4.62. The van der Waals surface area contributed by atoms with Gasteiger partial charge in [0.2, 0.25) is 5.75 Å². The van der Waals surface area contributed by atoms with Crippen LogP contribution in [0.15, 0.2) is 30.3 Å². The number of benzene rings is 2. The third-order valence-corrected chi connectivity index (χ3v) is 8.10. The van der Waals surface area contributed by atoms with Gasteiger partial charge in [-0.2, -0.15) is 17.2 Å². The Balaban J connectivity index is 2.35. The fourth-order valence-electron chi connectivity index (χ4n) is 2.04. The molecule has 0 spiro atoms. The van der Waals surface area contributed by atoms with Crippen molar-refractivity contribution >= 4 is 95.5 Å². The summed E-state index contributed by atoms with van der Waals surface area (Å²) in [6, 6.07) is 5.59. The van der Waals surface area contributed by atoms with Gasteiger partial charge in [0.15, 0.2) is 6.61 Å². The van der Waals surface area contributed by atoms with E-state index in [4.69, 9.17) is 9.29 Å². The summed E-state index contributed by atoms with van der Waals surface area (Å²) < 4.78 is 67.3. The summed E-state index contributed by atoms with van der Waals surface area (Å²) in [4.78, 5) is 35.0. The van der Waals surface area contributed by atoms with Crippen molar-refractivity contribution in [1.82, 2.24) is 0 Å². The van der Waals surface area contributed by atoms with Crippen molar-refractivity contribution in [3.05, 3.63) is 62.3 Å². The summed E-state index contributed by atoms with van der Waals surface area (Å²) in [5, 5.41) is 6.50. The molecule has 0 aromatic heterocycles. The van der Waals surface area contributed by atoms with Crippen LogP contribution in [0.25, 0.3) is 0 Å². The topological polar surface area (TPSA) is 150 Å². The van der Waals surface area contributed by atoms with E-state index in [-0.39, 0.29) is 5.56 Å². The van der Waals surface area contributed by atoms with Crippen molar-refractivity contribution in [2.45, 2.75) is 5.25 Å². The molecule has 0 amide bonds. The van der Waals surface area contributed by atoms with Gasteiger partial charge >= 0.3 is 33.0 Å². The minimum atomic E-state index is -5.84. The number of hydrogen-bond acceptors (Lipinski definition) is 8. The van der Waals surface area contributed by atoms with Crippen LogP contribution in [-0.2, 0) is 14.9 Å². The molecule has 32 heavy (non-hydrogen) atoms. The number of alkyl halides is 2. The summed E-state index contributed by atoms with van der Waals surface area (Å²) in [7, 11) is -5.84. The van der Waals surface area contributed by atoms with Gasteiger partial charge < -0.3 is 9.47 Å². The summed E-state index contributed by atoms with van der Waals surface area (Å²) >= 11 is 5.82. The second-order valence-corrected chi connectivity index (χ2v) is 10.8. The van der Waals surface area contributed by atoms with Gasteiger partial charge in [-0.15, -0.1) is 0 Å². The van der Waals surface area contributed by atoms with Gasteiger partial charge in [0.25, 0.3) is 0 Å². The molecule has 16 heteroatoms.